The molecule has 1 amide bonds. The Labute approximate surface area is 126 Å². The molecule has 1 aliphatic heterocycles. The van der Waals surface area contributed by atoms with Gasteiger partial charge >= 0.3 is 0 Å². The maximum atomic E-state index is 12.5. The molecular formula is C13H19BrN2O2S. The molecular weight excluding hydrogens is 328 g/mol. The van der Waals surface area contributed by atoms with Crippen LogP contribution in [-0.2, 0) is 4.74 Å². The zero-order chi connectivity index (χ0) is 14.0. The molecule has 0 bridgehead atoms. The van der Waals surface area contributed by atoms with Crippen molar-refractivity contribution in [3.8, 4) is 0 Å². The number of morpholine rings is 1. The van der Waals surface area contributed by atoms with Gasteiger partial charge in [0.1, 0.15) is 4.88 Å². The number of aryl methyl sites for hydroxylation is 1. The van der Waals surface area contributed by atoms with E-state index in [0.717, 1.165) is 21.5 Å². The summed E-state index contributed by atoms with van der Waals surface area (Å²) in [7, 11) is 4.03. The minimum Gasteiger partial charge on any atom is -0.373 e. The van der Waals surface area contributed by atoms with E-state index in [1.165, 1.54) is 11.3 Å². The van der Waals surface area contributed by atoms with E-state index in [2.05, 4.69) is 20.8 Å². The second kappa shape index (κ2) is 6.35. The standard InChI is InChI=1S/C13H19BrN2O2S/c1-9-8-19-12(11(9)14)13(17)16-4-5-18-10(7-16)6-15(2)3/h8,10H,4-7H2,1-3H3/t10-/m0/s1. The van der Waals surface area contributed by atoms with Gasteiger partial charge < -0.3 is 14.5 Å². The Hall–Kier alpha value is -0.430. The minimum atomic E-state index is 0.104. The lowest BCUT2D eigenvalue weighted by Crippen LogP contribution is -2.48. The molecule has 0 aliphatic carbocycles. The molecule has 1 atom stereocenters. The van der Waals surface area contributed by atoms with Gasteiger partial charge in [0.15, 0.2) is 0 Å². The Morgan fingerprint density at radius 2 is 2.37 bits per heavy atom. The van der Waals surface area contributed by atoms with Crippen molar-refractivity contribution < 1.29 is 9.53 Å². The van der Waals surface area contributed by atoms with E-state index in [9.17, 15) is 4.79 Å². The van der Waals surface area contributed by atoms with Gasteiger partial charge in [-0.3, -0.25) is 4.79 Å². The summed E-state index contributed by atoms with van der Waals surface area (Å²) in [6.45, 7) is 4.80. The number of amides is 1. The van der Waals surface area contributed by atoms with Gasteiger partial charge in [-0.2, -0.15) is 0 Å². The molecule has 106 valence electrons. The largest absolute Gasteiger partial charge is 0.373 e. The number of ether oxygens (including phenoxy) is 1. The van der Waals surface area contributed by atoms with Crippen molar-refractivity contribution in [2.75, 3.05) is 40.3 Å². The van der Waals surface area contributed by atoms with Crippen molar-refractivity contribution in [2.45, 2.75) is 13.0 Å². The van der Waals surface area contributed by atoms with E-state index in [-0.39, 0.29) is 12.0 Å². The summed E-state index contributed by atoms with van der Waals surface area (Å²) in [5.41, 5.74) is 1.12. The van der Waals surface area contributed by atoms with E-state index in [0.29, 0.717) is 19.7 Å². The number of hydrogen-bond donors (Lipinski definition) is 0. The van der Waals surface area contributed by atoms with Gasteiger partial charge in [0, 0.05) is 24.1 Å². The Morgan fingerprint density at radius 1 is 1.63 bits per heavy atom. The minimum absolute atomic E-state index is 0.104. The molecule has 1 aliphatic rings. The first-order valence-electron chi connectivity index (χ1n) is 6.28. The van der Waals surface area contributed by atoms with Gasteiger partial charge in [0.05, 0.1) is 12.7 Å². The number of rotatable bonds is 3. The van der Waals surface area contributed by atoms with Crippen LogP contribution in [0.5, 0.6) is 0 Å². The average molecular weight is 347 g/mol. The van der Waals surface area contributed by atoms with Crippen LogP contribution in [0.2, 0.25) is 0 Å². The smallest absolute Gasteiger partial charge is 0.265 e. The fourth-order valence-electron chi connectivity index (χ4n) is 2.14. The zero-order valence-corrected chi connectivity index (χ0v) is 13.9. The molecule has 1 aromatic rings. The molecule has 0 spiro atoms. The SMILES string of the molecule is Cc1csc(C(=O)N2CCO[C@@H](CN(C)C)C2)c1Br. The third-order valence-corrected chi connectivity index (χ3v) is 5.46. The van der Waals surface area contributed by atoms with Crippen LogP contribution >= 0.6 is 27.3 Å². The predicted molar refractivity (Wildman–Crippen MR) is 81.0 cm³/mol. The summed E-state index contributed by atoms with van der Waals surface area (Å²) in [6, 6.07) is 0. The highest BCUT2D eigenvalue weighted by Gasteiger charge is 2.27. The van der Waals surface area contributed by atoms with Gasteiger partial charge in [0.25, 0.3) is 5.91 Å². The number of hydrogen-bond acceptors (Lipinski definition) is 4. The third kappa shape index (κ3) is 3.56. The van der Waals surface area contributed by atoms with Crippen LogP contribution in [-0.4, -0.2) is 62.1 Å². The second-order valence-electron chi connectivity index (χ2n) is 5.07. The summed E-state index contributed by atoms with van der Waals surface area (Å²) in [5, 5.41) is 2.01. The lowest BCUT2D eigenvalue weighted by Gasteiger charge is -2.34. The first kappa shape index (κ1) is 15.0. The van der Waals surface area contributed by atoms with Gasteiger partial charge in [-0.15, -0.1) is 11.3 Å². The normalized spacial score (nSPS) is 20.1. The first-order valence-corrected chi connectivity index (χ1v) is 7.95. The summed E-state index contributed by atoms with van der Waals surface area (Å²) in [4.78, 5) is 17.3. The average Bonchev–Trinajstić information content (AvgIpc) is 2.69. The Kier molecular flexibility index (Phi) is 5.00. The lowest BCUT2D eigenvalue weighted by molar-refractivity contribution is -0.0305. The van der Waals surface area contributed by atoms with Gasteiger partial charge in [-0.05, 0) is 47.9 Å². The van der Waals surface area contributed by atoms with Gasteiger partial charge in [-0.25, -0.2) is 0 Å². The molecule has 0 N–H and O–H groups in total. The van der Waals surface area contributed by atoms with E-state index in [4.69, 9.17) is 4.74 Å². The number of nitrogens with zero attached hydrogens (tertiary/aromatic N) is 2. The molecule has 4 nitrogen and oxygen atoms in total. The second-order valence-corrected chi connectivity index (χ2v) is 6.74. The Morgan fingerprint density at radius 3 is 2.95 bits per heavy atom. The van der Waals surface area contributed by atoms with Crippen molar-refractivity contribution in [3.63, 3.8) is 0 Å². The monoisotopic (exact) mass is 346 g/mol. The first-order chi connectivity index (χ1) is 8.99. The number of carbonyl (C=O) groups excluding carboxylic acids is 1. The van der Waals surface area contributed by atoms with Crippen LogP contribution < -0.4 is 0 Å². The lowest BCUT2D eigenvalue weighted by atomic mass is 10.2. The van der Waals surface area contributed by atoms with E-state index in [1.54, 1.807) is 0 Å². The molecule has 6 heteroatoms. The van der Waals surface area contributed by atoms with E-state index < -0.39 is 0 Å². The number of likely N-dealkylation sites (N-methyl/N-ethyl adjacent to an activating group) is 1. The van der Waals surface area contributed by atoms with Crippen LogP contribution in [0.4, 0.5) is 0 Å². The molecule has 0 aromatic carbocycles. The molecule has 1 saturated heterocycles. The van der Waals surface area contributed by atoms with E-state index in [1.807, 2.05) is 31.3 Å². The topological polar surface area (TPSA) is 32.8 Å². The fourth-order valence-corrected chi connectivity index (χ4v) is 3.76. The van der Waals surface area contributed by atoms with Gasteiger partial charge in [0.2, 0.25) is 0 Å². The van der Waals surface area contributed by atoms with Crippen LogP contribution in [0.1, 0.15) is 15.2 Å². The van der Waals surface area contributed by atoms with Crippen LogP contribution in [0.15, 0.2) is 9.85 Å². The zero-order valence-electron chi connectivity index (χ0n) is 11.5. The molecule has 0 unspecified atom stereocenters. The fraction of sp³-hybridized carbons (Fsp3) is 0.615. The highest BCUT2D eigenvalue weighted by atomic mass is 79.9. The molecule has 0 saturated carbocycles. The van der Waals surface area contributed by atoms with Crippen molar-refractivity contribution in [3.05, 3.63) is 20.3 Å². The van der Waals surface area contributed by atoms with Crippen LogP contribution in [0, 0.1) is 6.92 Å². The highest BCUT2D eigenvalue weighted by molar-refractivity contribution is 9.10. The summed E-state index contributed by atoms with van der Waals surface area (Å²) < 4.78 is 6.63. The molecule has 1 aromatic heterocycles. The molecule has 2 rings (SSSR count). The summed E-state index contributed by atoms with van der Waals surface area (Å²) in [5.74, 6) is 0.108. The molecule has 0 radical (unpaired) electrons. The highest BCUT2D eigenvalue weighted by Crippen LogP contribution is 2.29. The summed E-state index contributed by atoms with van der Waals surface area (Å²) in [6.07, 6.45) is 0.104. The summed E-state index contributed by atoms with van der Waals surface area (Å²) >= 11 is 5.00. The van der Waals surface area contributed by atoms with Crippen LogP contribution in [0.25, 0.3) is 0 Å². The van der Waals surface area contributed by atoms with Crippen molar-refractivity contribution in [2.24, 2.45) is 0 Å². The molecule has 1 fully saturated rings. The predicted octanol–water partition coefficient (Wildman–Crippen LogP) is 2.22. The Bertz CT molecular complexity index is 461. The van der Waals surface area contributed by atoms with E-state index >= 15 is 0 Å². The number of halogens is 1. The van der Waals surface area contributed by atoms with Crippen LogP contribution in [0.3, 0.4) is 0 Å². The molecule has 19 heavy (non-hydrogen) atoms. The maximum absolute atomic E-state index is 12.5. The van der Waals surface area contributed by atoms with Crippen molar-refractivity contribution in [1.29, 1.82) is 0 Å². The van der Waals surface area contributed by atoms with Gasteiger partial charge in [-0.1, -0.05) is 0 Å². The maximum Gasteiger partial charge on any atom is 0.265 e. The Balaban J connectivity index is 2.05. The third-order valence-electron chi connectivity index (χ3n) is 3.09. The number of carbonyl (C=O) groups is 1. The van der Waals surface area contributed by atoms with Crippen molar-refractivity contribution in [1.82, 2.24) is 9.80 Å². The van der Waals surface area contributed by atoms with Crippen molar-refractivity contribution >= 4 is 33.2 Å². The quantitative estimate of drug-likeness (QED) is 0.841. The molecule has 2 heterocycles. The number of thiophene rings is 1.